The fourth-order valence-corrected chi connectivity index (χ4v) is 1.75. The number of hydrogen-bond acceptors (Lipinski definition) is 3. The molecule has 0 saturated heterocycles. The largest absolute Gasteiger partial charge is 0.343 e. The number of hydrogen-bond donors (Lipinski definition) is 2. The number of nitrogens with two attached hydrogens (primary N) is 1. The van der Waals surface area contributed by atoms with Gasteiger partial charge in [0, 0.05) is 6.04 Å². The lowest BCUT2D eigenvalue weighted by Gasteiger charge is -2.17. The van der Waals surface area contributed by atoms with E-state index < -0.39 is 0 Å². The quantitative estimate of drug-likeness (QED) is 0.776. The zero-order valence-electron chi connectivity index (χ0n) is 9.23. The Bertz CT molecular complexity index is 390. The van der Waals surface area contributed by atoms with Crippen molar-refractivity contribution in [1.82, 2.24) is 14.8 Å². The van der Waals surface area contributed by atoms with E-state index in [0.717, 1.165) is 25.1 Å². The third-order valence-corrected chi connectivity index (χ3v) is 3.20. The normalized spacial score (nSPS) is 20.2. The van der Waals surface area contributed by atoms with Gasteiger partial charge in [-0.05, 0) is 18.8 Å². The molecule has 0 amide bonds. The van der Waals surface area contributed by atoms with Gasteiger partial charge in [0.2, 0.25) is 0 Å². The van der Waals surface area contributed by atoms with Crippen molar-refractivity contribution >= 4 is 0 Å². The highest BCUT2D eigenvalue weighted by Crippen LogP contribution is 2.35. The molecule has 5 nitrogen and oxygen atoms in total. The summed E-state index contributed by atoms with van der Waals surface area (Å²) in [5.74, 6) is 1.06. The summed E-state index contributed by atoms with van der Waals surface area (Å²) in [6.45, 7) is 4.18. The summed E-state index contributed by atoms with van der Waals surface area (Å²) in [5.41, 5.74) is 5.97. The SMILES string of the molecule is CC[C@H](C)[C@H](N)c1n[nH]c(=O)n1C1CC1. The van der Waals surface area contributed by atoms with Gasteiger partial charge in [0.15, 0.2) is 5.82 Å². The van der Waals surface area contributed by atoms with Crippen LogP contribution in [0.3, 0.4) is 0 Å². The second-order valence-electron chi connectivity index (χ2n) is 4.40. The molecular formula is C10H18N4O. The predicted molar refractivity (Wildman–Crippen MR) is 57.5 cm³/mol. The Labute approximate surface area is 88.7 Å². The van der Waals surface area contributed by atoms with Crippen LogP contribution in [0.15, 0.2) is 4.79 Å². The van der Waals surface area contributed by atoms with Gasteiger partial charge in [0.05, 0.1) is 6.04 Å². The third-order valence-electron chi connectivity index (χ3n) is 3.20. The van der Waals surface area contributed by atoms with Crippen LogP contribution in [-0.2, 0) is 0 Å². The van der Waals surface area contributed by atoms with E-state index in [-0.39, 0.29) is 11.7 Å². The highest BCUT2D eigenvalue weighted by molar-refractivity contribution is 5.01. The van der Waals surface area contributed by atoms with Gasteiger partial charge in [-0.15, -0.1) is 0 Å². The van der Waals surface area contributed by atoms with E-state index in [4.69, 9.17) is 5.73 Å². The van der Waals surface area contributed by atoms with E-state index in [9.17, 15) is 4.79 Å². The van der Waals surface area contributed by atoms with Crippen molar-refractivity contribution in [3.63, 3.8) is 0 Å². The zero-order valence-corrected chi connectivity index (χ0v) is 9.23. The first-order valence-electron chi connectivity index (χ1n) is 5.57. The van der Waals surface area contributed by atoms with Crippen molar-refractivity contribution in [3.05, 3.63) is 16.3 Å². The number of H-pyrrole nitrogens is 1. The molecular weight excluding hydrogens is 192 g/mol. The Morgan fingerprint density at radius 1 is 1.67 bits per heavy atom. The lowest BCUT2D eigenvalue weighted by Crippen LogP contribution is -2.26. The number of aromatic nitrogens is 3. The molecule has 0 radical (unpaired) electrons. The second-order valence-corrected chi connectivity index (χ2v) is 4.40. The molecule has 1 aliphatic rings. The highest BCUT2D eigenvalue weighted by Gasteiger charge is 2.31. The average Bonchev–Trinajstić information content (AvgIpc) is 3.00. The minimum atomic E-state index is -0.144. The van der Waals surface area contributed by atoms with Crippen LogP contribution >= 0.6 is 0 Å². The smallest absolute Gasteiger partial charge is 0.321 e. The number of nitrogens with one attached hydrogen (secondary N) is 1. The minimum absolute atomic E-state index is 0.119. The van der Waals surface area contributed by atoms with Crippen molar-refractivity contribution in [2.24, 2.45) is 11.7 Å². The molecule has 0 bridgehead atoms. The molecule has 2 rings (SSSR count). The van der Waals surface area contributed by atoms with Crippen molar-refractivity contribution in [1.29, 1.82) is 0 Å². The minimum Gasteiger partial charge on any atom is -0.321 e. The van der Waals surface area contributed by atoms with E-state index in [1.54, 1.807) is 4.57 Å². The molecule has 1 heterocycles. The van der Waals surface area contributed by atoms with Gasteiger partial charge in [0.25, 0.3) is 0 Å². The molecule has 0 aromatic carbocycles. The Balaban J connectivity index is 2.31. The first kappa shape index (κ1) is 10.4. The van der Waals surface area contributed by atoms with Crippen LogP contribution in [0.1, 0.15) is 51.0 Å². The van der Waals surface area contributed by atoms with Crippen LogP contribution in [0.25, 0.3) is 0 Å². The molecule has 1 aromatic rings. The number of aromatic amines is 1. The van der Waals surface area contributed by atoms with Gasteiger partial charge in [-0.25, -0.2) is 9.89 Å². The topological polar surface area (TPSA) is 76.7 Å². The zero-order chi connectivity index (χ0) is 11.0. The molecule has 1 aromatic heterocycles. The number of rotatable bonds is 4. The first-order valence-corrected chi connectivity index (χ1v) is 5.57. The van der Waals surface area contributed by atoms with Gasteiger partial charge in [-0.1, -0.05) is 20.3 Å². The van der Waals surface area contributed by atoms with Gasteiger partial charge in [-0.3, -0.25) is 4.57 Å². The first-order chi connectivity index (χ1) is 7.15. The molecule has 0 aliphatic heterocycles. The summed E-state index contributed by atoms with van der Waals surface area (Å²) in [7, 11) is 0. The van der Waals surface area contributed by atoms with Gasteiger partial charge >= 0.3 is 5.69 Å². The molecule has 0 spiro atoms. The lowest BCUT2D eigenvalue weighted by atomic mass is 9.99. The Hall–Kier alpha value is -1.10. The van der Waals surface area contributed by atoms with Crippen LogP contribution in [0.2, 0.25) is 0 Å². The van der Waals surface area contributed by atoms with E-state index >= 15 is 0 Å². The predicted octanol–water partition coefficient (Wildman–Crippen LogP) is 0.952. The summed E-state index contributed by atoms with van der Waals surface area (Å²) in [4.78, 5) is 11.5. The van der Waals surface area contributed by atoms with E-state index in [1.165, 1.54) is 0 Å². The molecule has 84 valence electrons. The standard InChI is InChI=1S/C10H18N4O/c1-3-6(2)8(11)9-12-13-10(15)14(9)7-4-5-7/h6-8H,3-5,11H2,1-2H3,(H,13,15)/t6-,8-/m0/s1. The second kappa shape index (κ2) is 3.81. The average molecular weight is 210 g/mol. The Morgan fingerprint density at radius 2 is 2.33 bits per heavy atom. The summed E-state index contributed by atoms with van der Waals surface area (Å²) in [5, 5.41) is 6.54. The maximum atomic E-state index is 11.5. The van der Waals surface area contributed by atoms with Crippen LogP contribution in [0.4, 0.5) is 0 Å². The highest BCUT2D eigenvalue weighted by atomic mass is 16.1. The summed E-state index contributed by atoms with van der Waals surface area (Å²) in [6.07, 6.45) is 3.13. The maximum absolute atomic E-state index is 11.5. The molecule has 1 aliphatic carbocycles. The van der Waals surface area contributed by atoms with Crippen LogP contribution in [0, 0.1) is 5.92 Å². The summed E-state index contributed by atoms with van der Waals surface area (Å²) < 4.78 is 1.73. The molecule has 1 saturated carbocycles. The van der Waals surface area contributed by atoms with Crippen molar-refractivity contribution in [3.8, 4) is 0 Å². The molecule has 2 atom stereocenters. The van der Waals surface area contributed by atoms with Gasteiger partial charge < -0.3 is 5.73 Å². The summed E-state index contributed by atoms with van der Waals surface area (Å²) in [6, 6.07) is 0.191. The fraction of sp³-hybridized carbons (Fsp3) is 0.800. The lowest BCUT2D eigenvalue weighted by molar-refractivity contribution is 0.421. The molecule has 15 heavy (non-hydrogen) atoms. The van der Waals surface area contributed by atoms with Gasteiger partial charge in [-0.2, -0.15) is 5.10 Å². The van der Waals surface area contributed by atoms with Crippen LogP contribution < -0.4 is 11.4 Å². The van der Waals surface area contributed by atoms with Crippen molar-refractivity contribution in [2.75, 3.05) is 0 Å². The van der Waals surface area contributed by atoms with E-state index in [1.807, 2.05) is 0 Å². The van der Waals surface area contributed by atoms with Crippen LogP contribution in [-0.4, -0.2) is 14.8 Å². The van der Waals surface area contributed by atoms with E-state index in [2.05, 4.69) is 24.0 Å². The fourth-order valence-electron chi connectivity index (χ4n) is 1.75. The molecule has 3 N–H and O–H groups in total. The van der Waals surface area contributed by atoms with Gasteiger partial charge in [0.1, 0.15) is 0 Å². The monoisotopic (exact) mass is 210 g/mol. The maximum Gasteiger partial charge on any atom is 0.343 e. The molecule has 0 unspecified atom stereocenters. The molecule has 1 fully saturated rings. The summed E-state index contributed by atoms with van der Waals surface area (Å²) >= 11 is 0. The Morgan fingerprint density at radius 3 is 2.87 bits per heavy atom. The number of nitrogens with zero attached hydrogens (tertiary/aromatic N) is 2. The Kier molecular flexibility index (Phi) is 2.65. The molecule has 5 heteroatoms. The third kappa shape index (κ3) is 1.84. The van der Waals surface area contributed by atoms with E-state index in [0.29, 0.717) is 12.0 Å². The van der Waals surface area contributed by atoms with Crippen molar-refractivity contribution < 1.29 is 0 Å². The van der Waals surface area contributed by atoms with Crippen molar-refractivity contribution in [2.45, 2.75) is 45.2 Å². The van der Waals surface area contributed by atoms with Crippen LogP contribution in [0.5, 0.6) is 0 Å².